The molecule has 0 radical (unpaired) electrons. The van der Waals surface area contributed by atoms with Crippen LogP contribution < -0.4 is 4.90 Å². The van der Waals surface area contributed by atoms with E-state index in [9.17, 15) is 4.79 Å². The number of rotatable bonds is 3. The van der Waals surface area contributed by atoms with E-state index >= 15 is 0 Å². The number of carbonyl (C=O) groups excluding carboxylic acids is 1. The SMILES string of the molecule is C[C@@H]1CCC[NH+](CC(=O)N2CCC(c3nc4ccccc4s3)CC2)C1. The molecular formula is C20H28N3OS+. The minimum atomic E-state index is 0.354. The molecule has 2 aliphatic heterocycles. The summed E-state index contributed by atoms with van der Waals surface area (Å²) in [4.78, 5) is 21.0. The first-order valence-corrected chi connectivity index (χ1v) is 10.5. The van der Waals surface area contributed by atoms with Crippen LogP contribution in [0, 0.1) is 5.92 Å². The molecule has 4 nitrogen and oxygen atoms in total. The van der Waals surface area contributed by atoms with E-state index in [0.717, 1.165) is 50.5 Å². The first-order chi connectivity index (χ1) is 12.2. The van der Waals surface area contributed by atoms with Crippen molar-refractivity contribution in [3.05, 3.63) is 29.3 Å². The highest BCUT2D eigenvalue weighted by Crippen LogP contribution is 2.33. The molecule has 0 spiro atoms. The van der Waals surface area contributed by atoms with Gasteiger partial charge in [-0.1, -0.05) is 19.1 Å². The molecule has 2 fully saturated rings. The Balaban J connectivity index is 1.32. The fourth-order valence-corrected chi connectivity index (χ4v) is 5.46. The summed E-state index contributed by atoms with van der Waals surface area (Å²) in [6.45, 7) is 7.11. The lowest BCUT2D eigenvalue weighted by molar-refractivity contribution is -0.900. The molecule has 134 valence electrons. The van der Waals surface area contributed by atoms with Crippen molar-refractivity contribution in [2.75, 3.05) is 32.7 Å². The van der Waals surface area contributed by atoms with Crippen LogP contribution in [0.5, 0.6) is 0 Å². The van der Waals surface area contributed by atoms with E-state index in [1.807, 2.05) is 11.3 Å². The molecule has 1 aromatic heterocycles. The predicted molar refractivity (Wildman–Crippen MR) is 102 cm³/mol. The Morgan fingerprint density at radius 3 is 2.84 bits per heavy atom. The van der Waals surface area contributed by atoms with Gasteiger partial charge in [-0.15, -0.1) is 11.3 Å². The number of para-hydroxylation sites is 1. The van der Waals surface area contributed by atoms with Crippen LogP contribution in [-0.2, 0) is 4.79 Å². The second kappa shape index (κ2) is 7.42. The molecule has 2 atom stereocenters. The zero-order chi connectivity index (χ0) is 17.2. The predicted octanol–water partition coefficient (Wildman–Crippen LogP) is 2.32. The smallest absolute Gasteiger partial charge is 0.277 e. The van der Waals surface area contributed by atoms with Gasteiger partial charge in [-0.05, 0) is 37.8 Å². The lowest BCUT2D eigenvalue weighted by atomic mass is 9.97. The minimum Gasteiger partial charge on any atom is -0.338 e. The summed E-state index contributed by atoms with van der Waals surface area (Å²) in [5.74, 6) is 1.64. The first-order valence-electron chi connectivity index (χ1n) is 9.66. The summed E-state index contributed by atoms with van der Waals surface area (Å²) < 4.78 is 1.28. The molecular weight excluding hydrogens is 330 g/mol. The number of hydrogen-bond donors (Lipinski definition) is 1. The summed E-state index contributed by atoms with van der Waals surface area (Å²) in [6, 6.07) is 8.38. The Bertz CT molecular complexity index is 702. The summed E-state index contributed by atoms with van der Waals surface area (Å²) in [5, 5.41) is 1.25. The van der Waals surface area contributed by atoms with Crippen LogP contribution in [0.4, 0.5) is 0 Å². The number of benzene rings is 1. The van der Waals surface area contributed by atoms with Crippen molar-refractivity contribution in [1.82, 2.24) is 9.88 Å². The van der Waals surface area contributed by atoms with Crippen molar-refractivity contribution in [1.29, 1.82) is 0 Å². The average Bonchev–Trinajstić information content (AvgIpc) is 3.06. The third kappa shape index (κ3) is 3.87. The number of nitrogens with zero attached hydrogens (tertiary/aromatic N) is 2. The Morgan fingerprint density at radius 2 is 2.08 bits per heavy atom. The van der Waals surface area contributed by atoms with Gasteiger partial charge < -0.3 is 9.80 Å². The van der Waals surface area contributed by atoms with Crippen LogP contribution in [-0.4, -0.2) is 48.5 Å². The zero-order valence-electron chi connectivity index (χ0n) is 15.0. The maximum Gasteiger partial charge on any atom is 0.277 e. The standard InChI is InChI=1S/C20H27N3OS/c1-15-5-4-10-22(13-15)14-19(24)23-11-8-16(9-12-23)20-21-17-6-2-3-7-18(17)25-20/h2-3,6-7,15-16H,4-5,8-14H2,1H3/p+1/t15-/m1/s1. The van der Waals surface area contributed by atoms with Crippen LogP contribution in [0.15, 0.2) is 24.3 Å². The number of fused-ring (bicyclic) bond motifs is 1. The van der Waals surface area contributed by atoms with E-state index in [2.05, 4.69) is 36.1 Å². The number of aromatic nitrogens is 1. The molecule has 2 aromatic rings. The number of carbonyl (C=O) groups is 1. The van der Waals surface area contributed by atoms with E-state index in [-0.39, 0.29) is 0 Å². The maximum atomic E-state index is 12.6. The van der Waals surface area contributed by atoms with Crippen molar-refractivity contribution in [2.45, 2.75) is 38.5 Å². The molecule has 1 aromatic carbocycles. The molecule has 25 heavy (non-hydrogen) atoms. The van der Waals surface area contributed by atoms with Crippen LogP contribution in [0.3, 0.4) is 0 Å². The summed E-state index contributed by atoms with van der Waals surface area (Å²) in [5.41, 5.74) is 1.11. The number of quaternary nitrogens is 1. The second-order valence-electron chi connectivity index (χ2n) is 7.80. The largest absolute Gasteiger partial charge is 0.338 e. The number of nitrogens with one attached hydrogen (secondary N) is 1. The van der Waals surface area contributed by atoms with E-state index in [4.69, 9.17) is 4.98 Å². The third-order valence-electron chi connectivity index (χ3n) is 5.77. The van der Waals surface area contributed by atoms with Gasteiger partial charge in [0.15, 0.2) is 6.54 Å². The minimum absolute atomic E-state index is 0.354. The van der Waals surface area contributed by atoms with Crippen LogP contribution in [0.1, 0.15) is 43.5 Å². The van der Waals surface area contributed by atoms with Gasteiger partial charge in [0.25, 0.3) is 5.91 Å². The molecule has 2 aliphatic rings. The summed E-state index contributed by atoms with van der Waals surface area (Å²) in [7, 11) is 0. The van der Waals surface area contributed by atoms with Crippen molar-refractivity contribution >= 4 is 27.5 Å². The maximum absolute atomic E-state index is 12.6. The van der Waals surface area contributed by atoms with Crippen LogP contribution in [0.25, 0.3) is 10.2 Å². The molecule has 5 heteroatoms. The number of piperidine rings is 2. The van der Waals surface area contributed by atoms with Gasteiger partial charge in [-0.3, -0.25) is 4.79 Å². The van der Waals surface area contributed by atoms with Gasteiger partial charge in [0.1, 0.15) is 0 Å². The zero-order valence-corrected chi connectivity index (χ0v) is 15.9. The quantitative estimate of drug-likeness (QED) is 0.914. The molecule has 0 aliphatic carbocycles. The Morgan fingerprint density at radius 1 is 1.28 bits per heavy atom. The van der Waals surface area contributed by atoms with Gasteiger partial charge in [-0.2, -0.15) is 0 Å². The molecule has 1 unspecified atom stereocenters. The Kier molecular flexibility index (Phi) is 5.04. The number of thiazole rings is 1. The Labute approximate surface area is 153 Å². The van der Waals surface area contributed by atoms with Crippen LogP contribution >= 0.6 is 11.3 Å². The van der Waals surface area contributed by atoms with E-state index < -0.39 is 0 Å². The van der Waals surface area contributed by atoms with Gasteiger partial charge in [-0.25, -0.2) is 4.98 Å². The van der Waals surface area contributed by atoms with Crippen LogP contribution in [0.2, 0.25) is 0 Å². The summed E-state index contributed by atoms with van der Waals surface area (Å²) >= 11 is 1.82. The molecule has 1 N–H and O–H groups in total. The second-order valence-corrected chi connectivity index (χ2v) is 8.87. The molecule has 0 bridgehead atoms. The highest BCUT2D eigenvalue weighted by atomic mass is 32.1. The van der Waals surface area contributed by atoms with Gasteiger partial charge in [0, 0.05) is 24.9 Å². The van der Waals surface area contributed by atoms with E-state index in [1.54, 1.807) is 0 Å². The van der Waals surface area contributed by atoms with Gasteiger partial charge in [0.2, 0.25) is 0 Å². The average molecular weight is 359 g/mol. The topological polar surface area (TPSA) is 37.6 Å². The fraction of sp³-hybridized carbons (Fsp3) is 0.600. The van der Waals surface area contributed by atoms with Crippen molar-refractivity contribution in [3.8, 4) is 0 Å². The fourth-order valence-electron chi connectivity index (χ4n) is 4.32. The molecule has 0 saturated carbocycles. The monoisotopic (exact) mass is 358 g/mol. The van der Waals surface area contributed by atoms with Crippen molar-refractivity contribution in [3.63, 3.8) is 0 Å². The lowest BCUT2D eigenvalue weighted by Crippen LogP contribution is -3.14. The molecule has 3 heterocycles. The lowest BCUT2D eigenvalue weighted by Gasteiger charge is -2.33. The van der Waals surface area contributed by atoms with E-state index in [1.165, 1.54) is 27.4 Å². The third-order valence-corrected chi connectivity index (χ3v) is 6.97. The van der Waals surface area contributed by atoms with Gasteiger partial charge >= 0.3 is 0 Å². The first kappa shape index (κ1) is 17.0. The molecule has 4 rings (SSSR count). The number of likely N-dealkylation sites (tertiary alicyclic amines) is 2. The highest BCUT2D eigenvalue weighted by molar-refractivity contribution is 7.18. The number of hydrogen-bond acceptors (Lipinski definition) is 3. The van der Waals surface area contributed by atoms with E-state index in [0.29, 0.717) is 18.4 Å². The highest BCUT2D eigenvalue weighted by Gasteiger charge is 2.29. The van der Waals surface area contributed by atoms with Gasteiger partial charge in [0.05, 0.1) is 28.3 Å². The molecule has 1 amide bonds. The van der Waals surface area contributed by atoms with Crippen molar-refractivity contribution < 1.29 is 9.69 Å². The normalized spacial score (nSPS) is 25.4. The van der Waals surface area contributed by atoms with Crippen molar-refractivity contribution in [2.24, 2.45) is 5.92 Å². The number of amides is 1. The summed E-state index contributed by atoms with van der Waals surface area (Å²) in [6.07, 6.45) is 4.70. The Hall–Kier alpha value is -1.46. The molecule has 2 saturated heterocycles.